The molecule has 1 aromatic rings. The highest BCUT2D eigenvalue weighted by molar-refractivity contribution is 8.13. The van der Waals surface area contributed by atoms with E-state index in [4.69, 9.17) is 33.9 Å². The van der Waals surface area contributed by atoms with E-state index >= 15 is 0 Å². The molecule has 0 spiro atoms. The van der Waals surface area contributed by atoms with Gasteiger partial charge in [0, 0.05) is 22.8 Å². The summed E-state index contributed by atoms with van der Waals surface area (Å²) in [6.07, 6.45) is 1.35. The van der Waals surface area contributed by atoms with Crippen LogP contribution in [-0.4, -0.2) is 15.1 Å². The van der Waals surface area contributed by atoms with Gasteiger partial charge < -0.3 is 0 Å². The molecule has 0 aliphatic carbocycles. The predicted octanol–water partition coefficient (Wildman–Crippen LogP) is 3.59. The summed E-state index contributed by atoms with van der Waals surface area (Å²) in [5.74, 6) is 0.108. The average Bonchev–Trinajstić information content (AvgIpc) is 2.27. The Labute approximate surface area is 114 Å². The van der Waals surface area contributed by atoms with Crippen molar-refractivity contribution in [3.63, 3.8) is 0 Å². The Bertz CT molecular complexity index is 567. The molecule has 0 fully saturated rings. The normalized spacial score (nSPS) is 12.5. The third-order valence-electron chi connectivity index (χ3n) is 1.96. The Morgan fingerprint density at radius 3 is 2.59 bits per heavy atom. The zero-order valence-corrected chi connectivity index (χ0v) is 11.6. The highest BCUT2D eigenvalue weighted by atomic mass is 35.7. The van der Waals surface area contributed by atoms with Crippen molar-refractivity contribution in [2.24, 2.45) is 4.99 Å². The van der Waals surface area contributed by atoms with Crippen LogP contribution in [0.25, 0.3) is 5.03 Å². The molecule has 0 saturated carbocycles. The van der Waals surface area contributed by atoms with Gasteiger partial charge in [0.05, 0.1) is 9.93 Å². The Morgan fingerprint density at radius 2 is 2.12 bits per heavy atom. The fourth-order valence-electron chi connectivity index (χ4n) is 1.21. The number of rotatable bonds is 4. The van der Waals surface area contributed by atoms with E-state index in [1.807, 2.05) is 0 Å². The first-order chi connectivity index (χ1) is 7.90. The van der Waals surface area contributed by atoms with E-state index in [9.17, 15) is 8.42 Å². The molecule has 0 unspecified atom stereocenters. The van der Waals surface area contributed by atoms with Crippen molar-refractivity contribution in [1.29, 1.82) is 0 Å². The zero-order valence-electron chi connectivity index (χ0n) is 8.53. The second-order valence-corrected chi connectivity index (χ2v) is 6.29. The number of hydrogen-bond acceptors (Lipinski definition) is 3. The molecule has 92 valence electrons. The highest BCUT2D eigenvalue weighted by Gasteiger charge is 2.13. The summed E-state index contributed by atoms with van der Waals surface area (Å²) < 4.78 is 22.3. The van der Waals surface area contributed by atoms with Gasteiger partial charge in [0.2, 0.25) is 0 Å². The molecule has 0 N–H and O–H groups in total. The Hall–Kier alpha value is -0.550. The molecule has 0 amide bonds. The first-order valence-electron chi connectivity index (χ1n) is 4.35. The van der Waals surface area contributed by atoms with Crippen molar-refractivity contribution in [1.82, 2.24) is 0 Å². The summed E-state index contributed by atoms with van der Waals surface area (Å²) in [7, 11) is 1.46. The summed E-state index contributed by atoms with van der Waals surface area (Å²) in [6, 6.07) is 4.26. The van der Waals surface area contributed by atoms with Gasteiger partial charge in [0.1, 0.15) is 0 Å². The average molecular weight is 313 g/mol. The molecule has 1 rings (SSSR count). The minimum atomic E-state index is -3.77. The number of hydrogen-bond donors (Lipinski definition) is 0. The maximum atomic E-state index is 11.2. The number of alkyl halides is 1. The zero-order chi connectivity index (χ0) is 13.1. The van der Waals surface area contributed by atoms with Gasteiger partial charge in [-0.25, -0.2) is 8.42 Å². The molecule has 0 aliphatic rings. The van der Waals surface area contributed by atoms with Gasteiger partial charge in [0.25, 0.3) is 9.05 Å². The SMILES string of the molecule is C=N/C=C(/Cl)c1ccc(S(=O)(=O)Cl)cc1CCl. The lowest BCUT2D eigenvalue weighted by molar-refractivity contribution is 0.609. The van der Waals surface area contributed by atoms with Crippen molar-refractivity contribution in [2.45, 2.75) is 10.8 Å². The first-order valence-corrected chi connectivity index (χ1v) is 7.57. The van der Waals surface area contributed by atoms with Gasteiger partial charge >= 0.3 is 0 Å². The molecular weight excluding hydrogens is 305 g/mol. The predicted molar refractivity (Wildman–Crippen MR) is 72.4 cm³/mol. The van der Waals surface area contributed by atoms with Crippen LogP contribution < -0.4 is 0 Å². The minimum Gasteiger partial charge on any atom is -0.271 e. The maximum absolute atomic E-state index is 11.2. The minimum absolute atomic E-state index is 0.0189. The molecule has 3 nitrogen and oxygen atoms in total. The van der Waals surface area contributed by atoms with Crippen molar-refractivity contribution < 1.29 is 8.42 Å². The lowest BCUT2D eigenvalue weighted by Crippen LogP contribution is -1.95. The molecule has 1 aromatic carbocycles. The van der Waals surface area contributed by atoms with E-state index in [2.05, 4.69) is 11.7 Å². The van der Waals surface area contributed by atoms with Crippen LogP contribution in [0, 0.1) is 0 Å². The van der Waals surface area contributed by atoms with Crippen LogP contribution in [0.4, 0.5) is 0 Å². The second kappa shape index (κ2) is 5.87. The Kier molecular flexibility index (Phi) is 5.01. The van der Waals surface area contributed by atoms with E-state index in [1.165, 1.54) is 24.4 Å². The smallest absolute Gasteiger partial charge is 0.261 e. The van der Waals surface area contributed by atoms with Crippen molar-refractivity contribution in [3.8, 4) is 0 Å². The van der Waals surface area contributed by atoms with E-state index in [1.54, 1.807) is 0 Å². The van der Waals surface area contributed by atoms with Crippen molar-refractivity contribution in [2.75, 3.05) is 0 Å². The largest absolute Gasteiger partial charge is 0.271 e. The fraction of sp³-hybridized carbons (Fsp3) is 0.100. The standard InChI is InChI=1S/C10H8Cl3NO2S/c1-14-6-10(12)9-3-2-8(17(13,15)16)4-7(9)5-11/h2-4,6H,1,5H2/b10-6+. The van der Waals surface area contributed by atoms with Crippen LogP contribution in [0.15, 0.2) is 34.3 Å². The summed E-state index contributed by atoms with van der Waals surface area (Å²) >= 11 is 11.7. The van der Waals surface area contributed by atoms with E-state index < -0.39 is 9.05 Å². The molecule has 0 atom stereocenters. The topological polar surface area (TPSA) is 46.5 Å². The van der Waals surface area contributed by atoms with Gasteiger partial charge in [-0.3, -0.25) is 4.99 Å². The van der Waals surface area contributed by atoms with Gasteiger partial charge in [-0.2, -0.15) is 0 Å². The Balaban J connectivity index is 3.38. The lowest BCUT2D eigenvalue weighted by Gasteiger charge is -2.07. The summed E-state index contributed by atoms with van der Waals surface area (Å²) in [4.78, 5) is 3.51. The van der Waals surface area contributed by atoms with Crippen LogP contribution in [0.3, 0.4) is 0 Å². The number of benzene rings is 1. The summed E-state index contributed by atoms with van der Waals surface area (Å²) in [6.45, 7) is 3.28. The second-order valence-electron chi connectivity index (χ2n) is 3.05. The van der Waals surface area contributed by atoms with Crippen LogP contribution in [-0.2, 0) is 14.9 Å². The summed E-state index contributed by atoms with van der Waals surface area (Å²) in [5.41, 5.74) is 1.15. The Morgan fingerprint density at radius 1 is 1.47 bits per heavy atom. The molecular formula is C10H8Cl3NO2S. The third kappa shape index (κ3) is 3.71. The van der Waals surface area contributed by atoms with Crippen molar-refractivity contribution in [3.05, 3.63) is 35.5 Å². The summed E-state index contributed by atoms with van der Waals surface area (Å²) in [5, 5.41) is 0.328. The van der Waals surface area contributed by atoms with Gasteiger partial charge in [-0.15, -0.1) is 11.6 Å². The number of halogens is 3. The van der Waals surface area contributed by atoms with E-state index in [0.717, 1.165) is 0 Å². The molecule has 7 heteroatoms. The maximum Gasteiger partial charge on any atom is 0.261 e. The molecule has 0 aromatic heterocycles. The molecule has 0 bridgehead atoms. The molecule has 17 heavy (non-hydrogen) atoms. The fourth-order valence-corrected chi connectivity index (χ4v) is 2.49. The molecule has 0 aliphatic heterocycles. The van der Waals surface area contributed by atoms with Gasteiger partial charge in [-0.05, 0) is 30.0 Å². The van der Waals surface area contributed by atoms with Crippen LogP contribution in [0.5, 0.6) is 0 Å². The lowest BCUT2D eigenvalue weighted by atomic mass is 10.1. The molecule has 0 radical (unpaired) electrons. The molecule has 0 saturated heterocycles. The third-order valence-corrected chi connectivity index (χ3v) is 3.90. The monoisotopic (exact) mass is 311 g/mol. The van der Waals surface area contributed by atoms with Gasteiger partial charge in [0.15, 0.2) is 0 Å². The molecule has 0 heterocycles. The first kappa shape index (κ1) is 14.5. The van der Waals surface area contributed by atoms with E-state index in [-0.39, 0.29) is 10.8 Å². The van der Waals surface area contributed by atoms with E-state index in [0.29, 0.717) is 16.2 Å². The van der Waals surface area contributed by atoms with Gasteiger partial charge in [-0.1, -0.05) is 17.7 Å². The quantitative estimate of drug-likeness (QED) is 0.484. The van der Waals surface area contributed by atoms with Crippen molar-refractivity contribution >= 4 is 54.7 Å². The highest BCUT2D eigenvalue weighted by Crippen LogP contribution is 2.27. The number of nitrogens with zero attached hydrogens (tertiary/aromatic N) is 1. The number of aliphatic imine (C=N–C) groups is 1. The van der Waals surface area contributed by atoms with Crippen LogP contribution >= 0.6 is 33.9 Å². The van der Waals surface area contributed by atoms with Crippen LogP contribution in [0.2, 0.25) is 0 Å². The van der Waals surface area contributed by atoms with Crippen LogP contribution in [0.1, 0.15) is 11.1 Å².